The maximum absolute atomic E-state index is 15.2. The van der Waals surface area contributed by atoms with Gasteiger partial charge < -0.3 is 10.2 Å². The Bertz CT molecular complexity index is 784. The van der Waals surface area contributed by atoms with E-state index < -0.39 is 5.67 Å². The molecule has 7 heteroatoms. The molecule has 5 nitrogen and oxygen atoms in total. The van der Waals surface area contributed by atoms with Crippen LogP contribution < -0.4 is 5.32 Å². The van der Waals surface area contributed by atoms with Gasteiger partial charge in [-0.25, -0.2) is 14.4 Å². The van der Waals surface area contributed by atoms with Crippen molar-refractivity contribution in [2.75, 3.05) is 31.2 Å². The fraction of sp³-hybridized carbons (Fsp3) is 0.450. The maximum Gasteiger partial charge on any atom is 0.253 e. The molecule has 1 fully saturated rings. The number of thioether (sulfide) groups is 1. The van der Waals surface area contributed by atoms with Gasteiger partial charge in [-0.05, 0) is 44.4 Å². The predicted octanol–water partition coefficient (Wildman–Crippen LogP) is 3.87. The molecule has 1 N–H and O–H groups in total. The number of aromatic nitrogens is 2. The molecule has 0 saturated carbocycles. The van der Waals surface area contributed by atoms with E-state index in [2.05, 4.69) is 15.3 Å². The summed E-state index contributed by atoms with van der Waals surface area (Å²) in [5.74, 6) is 1.28. The van der Waals surface area contributed by atoms with Gasteiger partial charge in [0.05, 0.1) is 6.54 Å². The minimum absolute atomic E-state index is 0.0280. The molecule has 1 aliphatic heterocycles. The van der Waals surface area contributed by atoms with Crippen LogP contribution in [0.5, 0.6) is 0 Å². The molecule has 144 valence electrons. The average Bonchev–Trinajstić information content (AvgIpc) is 2.66. The maximum atomic E-state index is 15.2. The number of carbonyl (C=O) groups excluding carboxylic acids is 1. The summed E-state index contributed by atoms with van der Waals surface area (Å²) in [4.78, 5) is 24.0. The lowest BCUT2D eigenvalue weighted by atomic mass is 9.92. The van der Waals surface area contributed by atoms with Crippen molar-refractivity contribution in [1.29, 1.82) is 0 Å². The van der Waals surface area contributed by atoms with Gasteiger partial charge in [0.15, 0.2) is 0 Å². The highest BCUT2D eigenvalue weighted by Crippen LogP contribution is 2.28. The van der Waals surface area contributed by atoms with Gasteiger partial charge in [0.25, 0.3) is 5.91 Å². The second kappa shape index (κ2) is 8.25. The summed E-state index contributed by atoms with van der Waals surface area (Å²) in [5, 5.41) is 3.09. The molecule has 0 aliphatic carbocycles. The smallest absolute Gasteiger partial charge is 0.253 e. The van der Waals surface area contributed by atoms with Gasteiger partial charge >= 0.3 is 0 Å². The second-order valence-corrected chi connectivity index (χ2v) is 7.85. The molecule has 0 unspecified atom stereocenters. The van der Waals surface area contributed by atoms with Crippen molar-refractivity contribution in [3.8, 4) is 0 Å². The van der Waals surface area contributed by atoms with Gasteiger partial charge in [0.2, 0.25) is 0 Å². The first-order chi connectivity index (χ1) is 12.9. The molecule has 1 saturated heterocycles. The lowest BCUT2D eigenvalue weighted by Crippen LogP contribution is -2.47. The summed E-state index contributed by atoms with van der Waals surface area (Å²) in [6.45, 7) is 4.74. The van der Waals surface area contributed by atoms with Crippen LogP contribution >= 0.6 is 11.8 Å². The Labute approximate surface area is 163 Å². The van der Waals surface area contributed by atoms with Crippen LogP contribution in [0.4, 0.5) is 10.2 Å². The Morgan fingerprint density at radius 2 is 1.89 bits per heavy atom. The Morgan fingerprint density at radius 3 is 2.48 bits per heavy atom. The van der Waals surface area contributed by atoms with Gasteiger partial charge in [-0.3, -0.25) is 4.79 Å². The number of likely N-dealkylation sites (tertiary alicyclic amines) is 1. The number of piperidine rings is 1. The Kier molecular flexibility index (Phi) is 5.99. The normalized spacial score (nSPS) is 16.2. The molecule has 0 spiro atoms. The van der Waals surface area contributed by atoms with Crippen LogP contribution in [0.25, 0.3) is 0 Å². The van der Waals surface area contributed by atoms with E-state index in [4.69, 9.17) is 0 Å². The number of aryl methyl sites for hydroxylation is 2. The average molecular weight is 389 g/mol. The third kappa shape index (κ3) is 4.97. The lowest BCUT2D eigenvalue weighted by molar-refractivity contribution is 0.0483. The molecule has 0 radical (unpaired) electrons. The zero-order chi connectivity index (χ0) is 19.4. The van der Waals surface area contributed by atoms with Gasteiger partial charge in [-0.1, -0.05) is 0 Å². The molecular formula is C20H25FN4OS. The van der Waals surface area contributed by atoms with Crippen molar-refractivity contribution in [2.24, 2.45) is 0 Å². The van der Waals surface area contributed by atoms with Crippen LogP contribution in [0, 0.1) is 13.8 Å². The van der Waals surface area contributed by atoms with E-state index in [1.165, 1.54) is 0 Å². The number of alkyl halides is 1. The fourth-order valence-electron chi connectivity index (χ4n) is 3.26. The van der Waals surface area contributed by atoms with Crippen molar-refractivity contribution in [3.63, 3.8) is 0 Å². The van der Waals surface area contributed by atoms with Crippen molar-refractivity contribution in [3.05, 3.63) is 47.4 Å². The molecule has 27 heavy (non-hydrogen) atoms. The van der Waals surface area contributed by atoms with Gasteiger partial charge in [-0.2, -0.15) is 0 Å². The first-order valence-corrected chi connectivity index (χ1v) is 10.3. The minimum atomic E-state index is -1.34. The van der Waals surface area contributed by atoms with Gasteiger partial charge in [0.1, 0.15) is 17.3 Å². The largest absolute Gasteiger partial charge is 0.367 e. The molecule has 0 atom stereocenters. The number of rotatable bonds is 5. The lowest BCUT2D eigenvalue weighted by Gasteiger charge is -2.36. The first kappa shape index (κ1) is 19.6. The zero-order valence-electron chi connectivity index (χ0n) is 16.0. The number of carbonyl (C=O) groups is 1. The van der Waals surface area contributed by atoms with E-state index >= 15 is 4.39 Å². The van der Waals surface area contributed by atoms with E-state index in [1.54, 1.807) is 16.7 Å². The summed E-state index contributed by atoms with van der Waals surface area (Å²) in [5.41, 5.74) is 0.168. The predicted molar refractivity (Wildman–Crippen MR) is 107 cm³/mol. The van der Waals surface area contributed by atoms with E-state index in [0.29, 0.717) is 43.1 Å². The molecular weight excluding hydrogens is 363 g/mol. The molecule has 2 heterocycles. The minimum Gasteiger partial charge on any atom is -0.367 e. The number of amides is 1. The Balaban J connectivity index is 1.55. The van der Waals surface area contributed by atoms with Crippen molar-refractivity contribution in [2.45, 2.75) is 37.3 Å². The number of benzene rings is 1. The van der Waals surface area contributed by atoms with E-state index in [9.17, 15) is 4.79 Å². The molecule has 1 aliphatic rings. The summed E-state index contributed by atoms with van der Waals surface area (Å²) >= 11 is 1.64. The van der Waals surface area contributed by atoms with Crippen molar-refractivity contribution >= 4 is 23.5 Å². The van der Waals surface area contributed by atoms with Crippen LogP contribution in [0.15, 0.2) is 35.2 Å². The zero-order valence-corrected chi connectivity index (χ0v) is 16.8. The van der Waals surface area contributed by atoms with E-state index in [1.807, 2.05) is 50.4 Å². The van der Waals surface area contributed by atoms with Crippen LogP contribution in [-0.4, -0.2) is 52.3 Å². The number of nitrogens with one attached hydrogen (secondary N) is 1. The number of anilines is 1. The molecule has 1 aromatic carbocycles. The Morgan fingerprint density at radius 1 is 1.22 bits per heavy atom. The molecule has 3 rings (SSSR count). The number of hydrogen-bond acceptors (Lipinski definition) is 5. The standard InChI is InChI=1S/C20H25FN4OS/c1-14-12-18(24-15(2)23-14)22-13-20(21)8-10-25(11-9-20)19(26)16-4-6-17(27-3)7-5-16/h4-7,12H,8-11,13H2,1-3H3,(H,22,23,24). The highest BCUT2D eigenvalue weighted by atomic mass is 32.2. The summed E-state index contributed by atoms with van der Waals surface area (Å²) < 4.78 is 15.2. The molecule has 1 aromatic heterocycles. The molecule has 1 amide bonds. The van der Waals surface area contributed by atoms with Gasteiger partial charge in [0, 0.05) is 48.2 Å². The highest BCUT2D eigenvalue weighted by molar-refractivity contribution is 7.98. The summed E-state index contributed by atoms with van der Waals surface area (Å²) in [7, 11) is 0. The SMILES string of the molecule is CSc1ccc(C(=O)N2CCC(F)(CNc3cc(C)nc(C)n3)CC2)cc1. The van der Waals surface area contributed by atoms with E-state index in [-0.39, 0.29) is 12.5 Å². The summed E-state index contributed by atoms with van der Waals surface area (Å²) in [6, 6.07) is 9.38. The summed E-state index contributed by atoms with van der Waals surface area (Å²) in [6.07, 6.45) is 2.63. The second-order valence-electron chi connectivity index (χ2n) is 6.97. The quantitative estimate of drug-likeness (QED) is 0.788. The number of halogens is 1. The monoisotopic (exact) mass is 388 g/mol. The van der Waals surface area contributed by atoms with Crippen LogP contribution in [0.1, 0.15) is 34.7 Å². The fourth-order valence-corrected chi connectivity index (χ4v) is 3.67. The third-order valence-corrected chi connectivity index (χ3v) is 5.58. The highest BCUT2D eigenvalue weighted by Gasteiger charge is 2.36. The number of nitrogens with zero attached hydrogens (tertiary/aromatic N) is 3. The van der Waals surface area contributed by atoms with E-state index in [0.717, 1.165) is 10.6 Å². The first-order valence-electron chi connectivity index (χ1n) is 9.07. The third-order valence-electron chi connectivity index (χ3n) is 4.84. The topological polar surface area (TPSA) is 58.1 Å². The van der Waals surface area contributed by atoms with Crippen LogP contribution in [-0.2, 0) is 0 Å². The van der Waals surface area contributed by atoms with Gasteiger partial charge in [-0.15, -0.1) is 11.8 Å². The van der Waals surface area contributed by atoms with Crippen LogP contribution in [0.3, 0.4) is 0 Å². The van der Waals surface area contributed by atoms with Crippen molar-refractivity contribution in [1.82, 2.24) is 14.9 Å². The molecule has 0 bridgehead atoms. The number of hydrogen-bond donors (Lipinski definition) is 1. The molecule has 2 aromatic rings. The van der Waals surface area contributed by atoms with Crippen LogP contribution in [0.2, 0.25) is 0 Å². The van der Waals surface area contributed by atoms with Crippen molar-refractivity contribution < 1.29 is 9.18 Å². The Hall–Kier alpha value is -2.15.